The second-order valence-corrected chi connectivity index (χ2v) is 6.73. The van der Waals surface area contributed by atoms with Crippen molar-refractivity contribution >= 4 is 27.5 Å². The Morgan fingerprint density at radius 2 is 2.17 bits per heavy atom. The van der Waals surface area contributed by atoms with Crippen LogP contribution in [0.25, 0.3) is 0 Å². The third-order valence-corrected chi connectivity index (χ3v) is 4.76. The molecule has 0 saturated carbocycles. The van der Waals surface area contributed by atoms with E-state index < -0.39 is 15.9 Å². The summed E-state index contributed by atoms with van der Waals surface area (Å²) < 4.78 is 33.0. The molecule has 1 N–H and O–H groups in total. The number of nitrogens with one attached hydrogen (secondary N) is 1. The Morgan fingerprint density at radius 1 is 1.43 bits per heavy atom. The fraction of sp³-hybridized carbons (Fsp3) is 0.286. The number of benzene rings is 1. The molecule has 2 rings (SSSR count). The maximum absolute atomic E-state index is 12.3. The van der Waals surface area contributed by atoms with Gasteiger partial charge in [-0.25, -0.2) is 18.1 Å². The molecule has 1 amide bonds. The van der Waals surface area contributed by atoms with Crippen molar-refractivity contribution in [3.8, 4) is 5.75 Å². The minimum absolute atomic E-state index is 0.0886. The van der Waals surface area contributed by atoms with Crippen LogP contribution in [0.2, 0.25) is 5.15 Å². The lowest BCUT2D eigenvalue weighted by Gasteiger charge is -2.07. The van der Waals surface area contributed by atoms with Gasteiger partial charge in [0.1, 0.15) is 10.9 Å². The highest BCUT2D eigenvalue weighted by atomic mass is 35.5. The number of imidazole rings is 1. The quantitative estimate of drug-likeness (QED) is 0.854. The van der Waals surface area contributed by atoms with Crippen LogP contribution in [0, 0.1) is 0 Å². The van der Waals surface area contributed by atoms with Crippen LogP contribution in [0.4, 0.5) is 0 Å². The average molecular weight is 358 g/mol. The number of hydrogen-bond donors (Lipinski definition) is 1. The third kappa shape index (κ3) is 3.83. The molecule has 0 fully saturated rings. The number of carbonyl (C=O) groups excluding carboxylic acids is 1. The first kappa shape index (κ1) is 17.3. The first-order valence-electron chi connectivity index (χ1n) is 6.81. The topological polar surface area (TPSA) is 90.3 Å². The smallest absolute Gasteiger partial charge is 0.286 e. The predicted octanol–water partition coefficient (Wildman–Crippen LogP) is 2.07. The van der Waals surface area contributed by atoms with E-state index in [0.717, 1.165) is 6.42 Å². The largest absolute Gasteiger partial charge is 0.497 e. The maximum atomic E-state index is 12.3. The molecule has 0 aliphatic carbocycles. The summed E-state index contributed by atoms with van der Waals surface area (Å²) in [5.41, 5.74) is -0.133. The van der Waals surface area contributed by atoms with E-state index in [2.05, 4.69) is 4.98 Å². The fourth-order valence-electron chi connectivity index (χ4n) is 1.91. The maximum Gasteiger partial charge on any atom is 0.286 e. The van der Waals surface area contributed by atoms with Gasteiger partial charge in [-0.1, -0.05) is 24.6 Å². The molecular formula is C14H16ClN3O4S. The van der Waals surface area contributed by atoms with Crippen molar-refractivity contribution in [3.63, 3.8) is 0 Å². The Bertz CT molecular complexity index is 817. The lowest BCUT2D eigenvalue weighted by molar-refractivity contribution is 0.0977. The van der Waals surface area contributed by atoms with Crippen molar-refractivity contribution < 1.29 is 17.9 Å². The molecule has 0 aliphatic rings. The zero-order chi connectivity index (χ0) is 17.0. The molecule has 1 heterocycles. The van der Waals surface area contributed by atoms with Crippen LogP contribution in [0.5, 0.6) is 5.75 Å². The van der Waals surface area contributed by atoms with E-state index in [1.807, 2.05) is 11.6 Å². The summed E-state index contributed by atoms with van der Waals surface area (Å²) >= 11 is 6.05. The van der Waals surface area contributed by atoms with Gasteiger partial charge in [0.05, 0.1) is 18.3 Å². The minimum Gasteiger partial charge on any atom is -0.497 e. The molecule has 23 heavy (non-hydrogen) atoms. The van der Waals surface area contributed by atoms with Gasteiger partial charge in [0.15, 0.2) is 5.69 Å². The SMILES string of the molecule is CCCn1cnc(C(=O)NS(=O)(=O)c2cccc(OC)c2)c1Cl. The van der Waals surface area contributed by atoms with Crippen molar-refractivity contribution in [3.05, 3.63) is 41.4 Å². The van der Waals surface area contributed by atoms with Gasteiger partial charge in [-0.3, -0.25) is 4.79 Å². The Labute approximate surface area is 139 Å². The zero-order valence-electron chi connectivity index (χ0n) is 12.6. The van der Waals surface area contributed by atoms with Crippen LogP contribution >= 0.6 is 11.6 Å². The first-order chi connectivity index (χ1) is 10.9. The van der Waals surface area contributed by atoms with Gasteiger partial charge in [-0.2, -0.15) is 0 Å². The summed E-state index contributed by atoms with van der Waals surface area (Å²) in [6.45, 7) is 2.53. The highest BCUT2D eigenvalue weighted by Crippen LogP contribution is 2.19. The number of aromatic nitrogens is 2. The molecule has 9 heteroatoms. The second-order valence-electron chi connectivity index (χ2n) is 4.69. The molecule has 1 aromatic heterocycles. The zero-order valence-corrected chi connectivity index (χ0v) is 14.2. The third-order valence-electron chi connectivity index (χ3n) is 3.03. The fourth-order valence-corrected chi connectivity index (χ4v) is 3.16. The van der Waals surface area contributed by atoms with E-state index >= 15 is 0 Å². The molecule has 2 aromatic rings. The van der Waals surface area contributed by atoms with E-state index in [0.29, 0.717) is 12.3 Å². The summed E-state index contributed by atoms with van der Waals surface area (Å²) in [5, 5.41) is 0.102. The number of ether oxygens (including phenoxy) is 1. The number of carbonyl (C=O) groups is 1. The van der Waals surface area contributed by atoms with Crippen LogP contribution in [-0.2, 0) is 16.6 Å². The molecule has 0 saturated heterocycles. The van der Waals surface area contributed by atoms with E-state index in [4.69, 9.17) is 16.3 Å². The molecule has 0 radical (unpaired) electrons. The Kier molecular flexibility index (Phi) is 5.27. The van der Waals surface area contributed by atoms with E-state index in [9.17, 15) is 13.2 Å². The first-order valence-corrected chi connectivity index (χ1v) is 8.67. The van der Waals surface area contributed by atoms with Gasteiger partial charge < -0.3 is 9.30 Å². The lowest BCUT2D eigenvalue weighted by atomic mass is 10.3. The molecule has 0 atom stereocenters. The lowest BCUT2D eigenvalue weighted by Crippen LogP contribution is -2.31. The summed E-state index contributed by atoms with van der Waals surface area (Å²) in [4.78, 5) is 15.9. The monoisotopic (exact) mass is 357 g/mol. The highest BCUT2D eigenvalue weighted by molar-refractivity contribution is 7.90. The molecule has 0 aliphatic heterocycles. The summed E-state index contributed by atoms with van der Waals surface area (Å²) in [6, 6.07) is 5.78. The predicted molar refractivity (Wildman–Crippen MR) is 85.2 cm³/mol. The molecule has 124 valence electrons. The number of methoxy groups -OCH3 is 1. The normalized spacial score (nSPS) is 11.3. The molecule has 0 bridgehead atoms. The van der Waals surface area contributed by atoms with Gasteiger partial charge in [-0.05, 0) is 18.6 Å². The van der Waals surface area contributed by atoms with Crippen LogP contribution in [-0.4, -0.2) is 31.0 Å². The van der Waals surface area contributed by atoms with E-state index in [-0.39, 0.29) is 15.7 Å². The molecule has 7 nitrogen and oxygen atoms in total. The standard InChI is InChI=1S/C14H16ClN3O4S/c1-3-7-18-9-16-12(13(18)15)14(19)17-23(20,21)11-6-4-5-10(8-11)22-2/h4-6,8-9H,3,7H2,1-2H3,(H,17,19). The Balaban J connectivity index is 2.24. The second kappa shape index (κ2) is 7.01. The van der Waals surface area contributed by atoms with Crippen LogP contribution in [0.1, 0.15) is 23.8 Å². The van der Waals surface area contributed by atoms with Crippen molar-refractivity contribution in [2.45, 2.75) is 24.8 Å². The van der Waals surface area contributed by atoms with Crippen LogP contribution in [0.3, 0.4) is 0 Å². The molecule has 0 spiro atoms. The average Bonchev–Trinajstić information content (AvgIpc) is 2.88. The molecule has 0 unspecified atom stereocenters. The van der Waals surface area contributed by atoms with Crippen molar-refractivity contribution in [2.24, 2.45) is 0 Å². The van der Waals surface area contributed by atoms with Gasteiger partial charge in [0, 0.05) is 12.6 Å². The Morgan fingerprint density at radius 3 is 2.83 bits per heavy atom. The number of sulfonamides is 1. The number of amides is 1. The van der Waals surface area contributed by atoms with Gasteiger partial charge in [-0.15, -0.1) is 0 Å². The summed E-state index contributed by atoms with van der Waals surface area (Å²) in [5.74, 6) is -0.516. The van der Waals surface area contributed by atoms with E-state index in [1.165, 1.54) is 31.6 Å². The van der Waals surface area contributed by atoms with Gasteiger partial charge in [0.25, 0.3) is 15.9 Å². The van der Waals surface area contributed by atoms with Gasteiger partial charge >= 0.3 is 0 Å². The number of halogens is 1. The number of aryl methyl sites for hydroxylation is 1. The molecular weight excluding hydrogens is 342 g/mol. The van der Waals surface area contributed by atoms with E-state index in [1.54, 1.807) is 10.6 Å². The molecule has 1 aromatic carbocycles. The van der Waals surface area contributed by atoms with Crippen molar-refractivity contribution in [2.75, 3.05) is 7.11 Å². The van der Waals surface area contributed by atoms with Gasteiger partial charge in [0.2, 0.25) is 0 Å². The van der Waals surface area contributed by atoms with Crippen LogP contribution < -0.4 is 9.46 Å². The highest BCUT2D eigenvalue weighted by Gasteiger charge is 2.23. The number of nitrogens with zero attached hydrogens (tertiary/aromatic N) is 2. The van der Waals surface area contributed by atoms with Crippen molar-refractivity contribution in [1.29, 1.82) is 0 Å². The van der Waals surface area contributed by atoms with Crippen LogP contribution in [0.15, 0.2) is 35.5 Å². The summed E-state index contributed by atoms with van der Waals surface area (Å²) in [6.07, 6.45) is 2.21. The summed E-state index contributed by atoms with van der Waals surface area (Å²) in [7, 11) is -2.63. The number of rotatable bonds is 6. The Hall–Kier alpha value is -2.06. The van der Waals surface area contributed by atoms with Crippen molar-refractivity contribution in [1.82, 2.24) is 14.3 Å². The number of hydrogen-bond acceptors (Lipinski definition) is 5. The minimum atomic E-state index is -4.05.